The number of pyridine rings is 1. The number of nitrogens with zero attached hydrogens (tertiary/aromatic N) is 2. The van der Waals surface area contributed by atoms with E-state index in [9.17, 15) is 18.0 Å². The van der Waals surface area contributed by atoms with Crippen molar-refractivity contribution in [1.82, 2.24) is 15.2 Å². The highest BCUT2D eigenvalue weighted by Crippen LogP contribution is 2.49. The minimum Gasteiger partial charge on any atom is -0.379 e. The van der Waals surface area contributed by atoms with Crippen LogP contribution in [-0.4, -0.2) is 73.6 Å². The molecule has 1 aliphatic carbocycles. The second-order valence-electron chi connectivity index (χ2n) is 9.62. The molecule has 3 aliphatic heterocycles. The highest BCUT2D eigenvalue weighted by Gasteiger charge is 2.58. The third kappa shape index (κ3) is 4.26. The van der Waals surface area contributed by atoms with Crippen LogP contribution >= 0.6 is 0 Å². The molecule has 4 aliphatic rings. The van der Waals surface area contributed by atoms with Gasteiger partial charge in [0.25, 0.3) is 0 Å². The number of alkyl halides is 3. The smallest absolute Gasteiger partial charge is 0.379 e. The Labute approximate surface area is 191 Å². The SMILES string of the molecule is CO[C@H]1COCC[C@H]1N[C@@H]1CC2OCC[C@@]2(C(=O)N2CCc3ncc(C(F)(F)F)cc3C2)C1. The quantitative estimate of drug-likeness (QED) is 0.730. The lowest BCUT2D eigenvalue weighted by atomic mass is 9.80. The van der Waals surface area contributed by atoms with Crippen molar-refractivity contribution in [1.29, 1.82) is 0 Å². The maximum Gasteiger partial charge on any atom is 0.417 e. The van der Waals surface area contributed by atoms with Gasteiger partial charge in [-0.3, -0.25) is 9.78 Å². The molecule has 2 saturated heterocycles. The molecule has 0 radical (unpaired) electrons. The van der Waals surface area contributed by atoms with Gasteiger partial charge in [-0.05, 0) is 37.3 Å². The number of hydrogen-bond acceptors (Lipinski definition) is 6. The van der Waals surface area contributed by atoms with Crippen molar-refractivity contribution in [3.63, 3.8) is 0 Å². The molecule has 0 bridgehead atoms. The highest BCUT2D eigenvalue weighted by atomic mass is 19.4. The molecule has 1 aromatic heterocycles. The Morgan fingerprint density at radius 1 is 1.36 bits per heavy atom. The average molecular weight is 470 g/mol. The van der Waals surface area contributed by atoms with Crippen LogP contribution in [0.4, 0.5) is 13.2 Å². The molecule has 7 nitrogen and oxygen atoms in total. The van der Waals surface area contributed by atoms with Crippen molar-refractivity contribution in [2.75, 3.05) is 33.5 Å². The first-order valence-electron chi connectivity index (χ1n) is 11.6. The van der Waals surface area contributed by atoms with E-state index in [0.29, 0.717) is 56.9 Å². The van der Waals surface area contributed by atoms with Crippen LogP contribution in [0.15, 0.2) is 12.3 Å². The molecular weight excluding hydrogens is 439 g/mol. The summed E-state index contributed by atoms with van der Waals surface area (Å²) in [5, 5.41) is 3.68. The molecule has 182 valence electrons. The third-order valence-electron chi connectivity index (χ3n) is 7.73. The standard InChI is InChI=1S/C23H30F3N3O4/c1-31-19-13-32-6-3-18(19)28-16-9-20-22(10-16,4-7-33-20)21(30)29-5-2-17-14(12-29)8-15(11-27-17)23(24,25)26/h8,11,16,18-20,28H,2-7,9-10,12-13H2,1H3/t16-,18-,19+,20?,22-/m1/s1. The number of hydrogen-bond donors (Lipinski definition) is 1. The van der Waals surface area contributed by atoms with Crippen LogP contribution in [0.3, 0.4) is 0 Å². The molecule has 1 N–H and O–H groups in total. The van der Waals surface area contributed by atoms with E-state index in [1.807, 2.05) is 0 Å². The predicted molar refractivity (Wildman–Crippen MR) is 111 cm³/mol. The van der Waals surface area contributed by atoms with Crippen LogP contribution in [0.25, 0.3) is 0 Å². The zero-order valence-electron chi connectivity index (χ0n) is 18.7. The molecule has 10 heteroatoms. The second-order valence-corrected chi connectivity index (χ2v) is 9.62. The first-order chi connectivity index (χ1) is 15.8. The van der Waals surface area contributed by atoms with E-state index in [1.54, 1.807) is 12.0 Å². The largest absolute Gasteiger partial charge is 0.417 e. The minimum absolute atomic E-state index is 0.00682. The van der Waals surface area contributed by atoms with Crippen molar-refractivity contribution >= 4 is 5.91 Å². The van der Waals surface area contributed by atoms with E-state index in [2.05, 4.69) is 10.3 Å². The van der Waals surface area contributed by atoms with Gasteiger partial charge in [0.2, 0.25) is 5.91 Å². The molecule has 1 unspecified atom stereocenters. The Morgan fingerprint density at radius 2 is 2.21 bits per heavy atom. The summed E-state index contributed by atoms with van der Waals surface area (Å²) in [5.74, 6) is -0.00682. The fourth-order valence-electron chi connectivity index (χ4n) is 5.98. The van der Waals surface area contributed by atoms with Crippen molar-refractivity contribution in [3.05, 3.63) is 29.1 Å². The molecule has 1 saturated carbocycles. The van der Waals surface area contributed by atoms with E-state index in [-0.39, 0.29) is 36.7 Å². The Balaban J connectivity index is 1.31. The predicted octanol–water partition coefficient (Wildman–Crippen LogP) is 2.32. The first-order valence-corrected chi connectivity index (χ1v) is 11.6. The number of fused-ring (bicyclic) bond motifs is 2. The number of halogens is 3. The van der Waals surface area contributed by atoms with Crippen LogP contribution in [0.2, 0.25) is 0 Å². The molecule has 0 aromatic carbocycles. The molecular formula is C23H30F3N3O4. The van der Waals surface area contributed by atoms with Crippen molar-refractivity contribution < 1.29 is 32.2 Å². The Bertz CT molecular complexity index is 898. The fraction of sp³-hybridized carbons (Fsp3) is 0.739. The van der Waals surface area contributed by atoms with E-state index in [1.165, 1.54) is 0 Å². The molecule has 5 rings (SSSR count). The van der Waals surface area contributed by atoms with E-state index in [4.69, 9.17) is 14.2 Å². The van der Waals surface area contributed by atoms with Crippen LogP contribution in [0.1, 0.15) is 42.5 Å². The van der Waals surface area contributed by atoms with Gasteiger partial charge in [0.1, 0.15) is 0 Å². The molecule has 3 fully saturated rings. The summed E-state index contributed by atoms with van der Waals surface area (Å²) in [6.45, 7) is 2.37. The fourth-order valence-corrected chi connectivity index (χ4v) is 5.98. The number of ether oxygens (including phenoxy) is 3. The Kier molecular flexibility index (Phi) is 6.13. The third-order valence-corrected chi connectivity index (χ3v) is 7.73. The van der Waals surface area contributed by atoms with Gasteiger partial charge >= 0.3 is 6.18 Å². The van der Waals surface area contributed by atoms with Crippen molar-refractivity contribution in [2.45, 2.75) is 69.1 Å². The summed E-state index contributed by atoms with van der Waals surface area (Å²) in [5.41, 5.74) is -0.281. The van der Waals surface area contributed by atoms with Gasteiger partial charge in [0, 0.05) is 63.8 Å². The number of carbonyl (C=O) groups excluding carboxylic acids is 1. The van der Waals surface area contributed by atoms with Crippen molar-refractivity contribution in [2.24, 2.45) is 5.41 Å². The summed E-state index contributed by atoms with van der Waals surface area (Å²) in [7, 11) is 1.68. The van der Waals surface area contributed by atoms with Gasteiger partial charge in [0.15, 0.2) is 0 Å². The number of amides is 1. The van der Waals surface area contributed by atoms with E-state index in [0.717, 1.165) is 25.1 Å². The Hall–Kier alpha value is -1.75. The summed E-state index contributed by atoms with van der Waals surface area (Å²) in [4.78, 5) is 19.5. The molecule has 33 heavy (non-hydrogen) atoms. The van der Waals surface area contributed by atoms with Gasteiger partial charge in [-0.15, -0.1) is 0 Å². The van der Waals surface area contributed by atoms with Crippen LogP contribution < -0.4 is 5.32 Å². The maximum absolute atomic E-state index is 13.8. The molecule has 5 atom stereocenters. The molecule has 1 aromatic rings. The van der Waals surface area contributed by atoms with Gasteiger partial charge in [-0.2, -0.15) is 13.2 Å². The van der Waals surface area contributed by atoms with Crippen LogP contribution in [0, 0.1) is 5.41 Å². The average Bonchev–Trinajstić information content (AvgIpc) is 3.35. The number of nitrogens with one attached hydrogen (secondary N) is 1. The highest BCUT2D eigenvalue weighted by molar-refractivity contribution is 5.84. The topological polar surface area (TPSA) is 72.9 Å². The van der Waals surface area contributed by atoms with Gasteiger partial charge in [-0.25, -0.2) is 0 Å². The van der Waals surface area contributed by atoms with Gasteiger partial charge < -0.3 is 24.4 Å². The summed E-state index contributed by atoms with van der Waals surface area (Å²) in [6, 6.07) is 1.42. The van der Waals surface area contributed by atoms with Gasteiger partial charge in [-0.1, -0.05) is 0 Å². The summed E-state index contributed by atoms with van der Waals surface area (Å²) in [6.07, 6.45) is -0.430. The van der Waals surface area contributed by atoms with E-state index < -0.39 is 17.2 Å². The maximum atomic E-state index is 13.8. The lowest BCUT2D eigenvalue weighted by Crippen LogP contribution is -2.51. The zero-order chi connectivity index (χ0) is 23.2. The number of carbonyl (C=O) groups is 1. The normalized spacial score (nSPS) is 34.2. The lowest BCUT2D eigenvalue weighted by Gasteiger charge is -2.37. The molecule has 0 spiro atoms. The second kappa shape index (κ2) is 8.79. The minimum atomic E-state index is -4.45. The summed E-state index contributed by atoms with van der Waals surface area (Å²) < 4.78 is 56.6. The van der Waals surface area contributed by atoms with Gasteiger partial charge in [0.05, 0.1) is 29.8 Å². The Morgan fingerprint density at radius 3 is 3.00 bits per heavy atom. The zero-order valence-corrected chi connectivity index (χ0v) is 18.7. The number of rotatable bonds is 4. The van der Waals surface area contributed by atoms with Crippen LogP contribution in [0.5, 0.6) is 0 Å². The number of aromatic nitrogens is 1. The summed E-state index contributed by atoms with van der Waals surface area (Å²) >= 11 is 0. The molecule has 4 heterocycles. The van der Waals surface area contributed by atoms with Crippen molar-refractivity contribution in [3.8, 4) is 0 Å². The molecule has 1 amide bonds. The van der Waals surface area contributed by atoms with E-state index >= 15 is 0 Å². The lowest BCUT2D eigenvalue weighted by molar-refractivity contribution is -0.145. The monoisotopic (exact) mass is 469 g/mol. The van der Waals surface area contributed by atoms with Crippen LogP contribution in [-0.2, 0) is 38.1 Å². The number of methoxy groups -OCH3 is 1. The first kappa shape index (κ1) is 23.0.